The number of pyridine rings is 1. The molecule has 21 heavy (non-hydrogen) atoms. The molecule has 0 saturated heterocycles. The van der Waals surface area contributed by atoms with E-state index in [1.54, 1.807) is 12.1 Å². The van der Waals surface area contributed by atoms with Crippen molar-refractivity contribution < 1.29 is 14.6 Å². The number of unbranched alkanes of at least 4 members (excludes halogenated alkanes) is 1. The number of carboxylic acids is 1. The van der Waals surface area contributed by atoms with Gasteiger partial charge in [-0.3, -0.25) is 0 Å². The third-order valence-corrected chi connectivity index (χ3v) is 3.01. The van der Waals surface area contributed by atoms with Crippen LogP contribution in [0.2, 0.25) is 0 Å². The molecule has 0 unspecified atom stereocenters. The second-order valence-corrected chi connectivity index (χ2v) is 5.68. The third kappa shape index (κ3) is 6.58. The SMILES string of the molecule is CC(C)OCCCCNc1cc(C(=O)O)cc(C(C)C)n1. The maximum absolute atomic E-state index is 11.1. The molecule has 1 aromatic rings. The van der Waals surface area contributed by atoms with Crippen LogP contribution in [0.3, 0.4) is 0 Å². The van der Waals surface area contributed by atoms with Crippen molar-refractivity contribution >= 4 is 11.8 Å². The predicted molar refractivity (Wildman–Crippen MR) is 84.1 cm³/mol. The predicted octanol–water partition coefficient (Wildman–Crippen LogP) is 3.52. The molecule has 0 radical (unpaired) electrons. The van der Waals surface area contributed by atoms with Crippen LogP contribution in [0.4, 0.5) is 5.82 Å². The zero-order valence-corrected chi connectivity index (χ0v) is 13.3. The first-order valence-corrected chi connectivity index (χ1v) is 7.51. The van der Waals surface area contributed by atoms with Gasteiger partial charge in [0.05, 0.1) is 11.7 Å². The summed E-state index contributed by atoms with van der Waals surface area (Å²) in [5.74, 6) is -0.0969. The van der Waals surface area contributed by atoms with Crippen molar-refractivity contribution in [2.24, 2.45) is 0 Å². The van der Waals surface area contributed by atoms with Crippen LogP contribution in [0.1, 0.15) is 62.5 Å². The van der Waals surface area contributed by atoms with Gasteiger partial charge >= 0.3 is 5.97 Å². The normalized spacial score (nSPS) is 11.1. The minimum atomic E-state index is -0.923. The van der Waals surface area contributed by atoms with E-state index in [1.807, 2.05) is 27.7 Å². The number of carbonyl (C=O) groups is 1. The lowest BCUT2D eigenvalue weighted by molar-refractivity contribution is 0.0696. The standard InChI is InChI=1S/C16H26N2O3/c1-11(2)14-9-13(16(19)20)10-15(18-14)17-7-5-6-8-21-12(3)4/h9-12H,5-8H2,1-4H3,(H,17,18)(H,19,20). The van der Waals surface area contributed by atoms with Crippen molar-refractivity contribution in [1.29, 1.82) is 0 Å². The Balaban J connectivity index is 2.52. The molecule has 0 saturated carbocycles. The van der Waals surface area contributed by atoms with Crippen LogP contribution in [0, 0.1) is 0 Å². The molecule has 0 aliphatic heterocycles. The van der Waals surface area contributed by atoms with Gasteiger partial charge in [0.2, 0.25) is 0 Å². The Morgan fingerprint density at radius 1 is 1.29 bits per heavy atom. The molecule has 0 aliphatic rings. The number of nitrogens with zero attached hydrogens (tertiary/aromatic N) is 1. The number of ether oxygens (including phenoxy) is 1. The minimum Gasteiger partial charge on any atom is -0.478 e. The van der Waals surface area contributed by atoms with Crippen LogP contribution < -0.4 is 5.32 Å². The highest BCUT2D eigenvalue weighted by Crippen LogP contribution is 2.17. The smallest absolute Gasteiger partial charge is 0.335 e. The van der Waals surface area contributed by atoms with Gasteiger partial charge in [-0.15, -0.1) is 0 Å². The second-order valence-electron chi connectivity index (χ2n) is 5.68. The van der Waals surface area contributed by atoms with Crippen molar-refractivity contribution in [3.63, 3.8) is 0 Å². The molecule has 1 rings (SSSR count). The fourth-order valence-corrected chi connectivity index (χ4v) is 1.82. The van der Waals surface area contributed by atoms with Gasteiger partial charge < -0.3 is 15.2 Å². The average molecular weight is 294 g/mol. The van der Waals surface area contributed by atoms with Crippen LogP contribution in [0.25, 0.3) is 0 Å². The van der Waals surface area contributed by atoms with Gasteiger partial charge in [-0.1, -0.05) is 13.8 Å². The van der Waals surface area contributed by atoms with Crippen LogP contribution in [-0.2, 0) is 4.74 Å². The van der Waals surface area contributed by atoms with E-state index in [0.29, 0.717) is 5.82 Å². The van der Waals surface area contributed by atoms with Gasteiger partial charge in [0.15, 0.2) is 0 Å². The van der Waals surface area contributed by atoms with E-state index < -0.39 is 5.97 Å². The molecule has 0 aliphatic carbocycles. The zero-order chi connectivity index (χ0) is 15.8. The van der Waals surface area contributed by atoms with Crippen molar-refractivity contribution in [2.75, 3.05) is 18.5 Å². The zero-order valence-electron chi connectivity index (χ0n) is 13.3. The molecule has 0 spiro atoms. The van der Waals surface area contributed by atoms with Gasteiger partial charge in [-0.25, -0.2) is 9.78 Å². The molecule has 2 N–H and O–H groups in total. The van der Waals surface area contributed by atoms with Crippen LogP contribution in [0.15, 0.2) is 12.1 Å². The Kier molecular flexibility index (Phi) is 7.15. The van der Waals surface area contributed by atoms with E-state index >= 15 is 0 Å². The Morgan fingerprint density at radius 3 is 2.57 bits per heavy atom. The van der Waals surface area contributed by atoms with E-state index in [-0.39, 0.29) is 17.6 Å². The Labute approximate surface area is 126 Å². The van der Waals surface area contributed by atoms with Crippen molar-refractivity contribution in [3.05, 3.63) is 23.4 Å². The fraction of sp³-hybridized carbons (Fsp3) is 0.625. The van der Waals surface area contributed by atoms with Gasteiger partial charge in [0.25, 0.3) is 0 Å². The maximum atomic E-state index is 11.1. The van der Waals surface area contributed by atoms with E-state index in [4.69, 9.17) is 9.84 Å². The number of hydrogen-bond donors (Lipinski definition) is 2. The first-order chi connectivity index (χ1) is 9.90. The highest BCUT2D eigenvalue weighted by Gasteiger charge is 2.10. The first kappa shape index (κ1) is 17.4. The highest BCUT2D eigenvalue weighted by molar-refractivity contribution is 5.88. The van der Waals surface area contributed by atoms with E-state index in [2.05, 4.69) is 10.3 Å². The largest absolute Gasteiger partial charge is 0.478 e. The van der Waals surface area contributed by atoms with Crippen LogP contribution >= 0.6 is 0 Å². The number of carboxylic acid groups (broad SMARTS) is 1. The number of nitrogens with one attached hydrogen (secondary N) is 1. The van der Waals surface area contributed by atoms with Gasteiger partial charge in [-0.05, 0) is 44.7 Å². The lowest BCUT2D eigenvalue weighted by Gasteiger charge is -2.11. The van der Waals surface area contributed by atoms with Crippen LogP contribution in [0.5, 0.6) is 0 Å². The number of aromatic carboxylic acids is 1. The average Bonchev–Trinajstić information content (AvgIpc) is 2.41. The van der Waals surface area contributed by atoms with Gasteiger partial charge in [0, 0.05) is 18.8 Å². The van der Waals surface area contributed by atoms with E-state index in [1.165, 1.54) is 0 Å². The summed E-state index contributed by atoms with van der Waals surface area (Å²) in [7, 11) is 0. The number of aromatic nitrogens is 1. The summed E-state index contributed by atoms with van der Waals surface area (Å²) in [4.78, 5) is 15.6. The Bertz CT molecular complexity index is 459. The third-order valence-electron chi connectivity index (χ3n) is 3.01. The summed E-state index contributed by atoms with van der Waals surface area (Å²) < 4.78 is 5.47. The quantitative estimate of drug-likeness (QED) is 0.682. The van der Waals surface area contributed by atoms with E-state index in [0.717, 1.165) is 31.7 Å². The number of anilines is 1. The summed E-state index contributed by atoms with van der Waals surface area (Å²) >= 11 is 0. The van der Waals surface area contributed by atoms with Gasteiger partial charge in [0.1, 0.15) is 5.82 Å². The molecule has 0 aromatic carbocycles. The Hall–Kier alpha value is -1.62. The fourth-order valence-electron chi connectivity index (χ4n) is 1.82. The molecule has 0 fully saturated rings. The minimum absolute atomic E-state index is 0.198. The maximum Gasteiger partial charge on any atom is 0.335 e. The highest BCUT2D eigenvalue weighted by atomic mass is 16.5. The first-order valence-electron chi connectivity index (χ1n) is 7.51. The summed E-state index contributed by atoms with van der Waals surface area (Å²) in [5.41, 5.74) is 1.07. The lowest BCUT2D eigenvalue weighted by atomic mass is 10.1. The lowest BCUT2D eigenvalue weighted by Crippen LogP contribution is -2.10. The van der Waals surface area contributed by atoms with Crippen molar-refractivity contribution in [3.8, 4) is 0 Å². The molecule has 0 bridgehead atoms. The molecule has 0 atom stereocenters. The van der Waals surface area contributed by atoms with Crippen LogP contribution in [-0.4, -0.2) is 35.3 Å². The summed E-state index contributed by atoms with van der Waals surface area (Å²) in [6.45, 7) is 9.55. The molecule has 5 heteroatoms. The molecule has 0 amide bonds. The topological polar surface area (TPSA) is 71.5 Å². The summed E-state index contributed by atoms with van der Waals surface area (Å²) in [6.07, 6.45) is 2.20. The van der Waals surface area contributed by atoms with Crippen molar-refractivity contribution in [1.82, 2.24) is 4.98 Å². The van der Waals surface area contributed by atoms with Gasteiger partial charge in [-0.2, -0.15) is 0 Å². The monoisotopic (exact) mass is 294 g/mol. The molecule has 1 aromatic heterocycles. The molecular weight excluding hydrogens is 268 g/mol. The summed E-state index contributed by atoms with van der Waals surface area (Å²) in [6, 6.07) is 3.22. The van der Waals surface area contributed by atoms with E-state index in [9.17, 15) is 4.79 Å². The van der Waals surface area contributed by atoms with Crippen molar-refractivity contribution in [2.45, 2.75) is 52.6 Å². The number of rotatable bonds is 9. The molecule has 1 heterocycles. The molecular formula is C16H26N2O3. The molecule has 5 nitrogen and oxygen atoms in total. The number of hydrogen-bond acceptors (Lipinski definition) is 4. The summed E-state index contributed by atoms with van der Waals surface area (Å²) in [5, 5.41) is 12.3. The Morgan fingerprint density at radius 2 is 2.00 bits per heavy atom. The molecule has 118 valence electrons. The second kappa shape index (κ2) is 8.62.